The zero-order valence-corrected chi connectivity index (χ0v) is 22.8. The molecule has 1 saturated carbocycles. The molecule has 1 N–H and O–H groups in total. The maximum Gasteiger partial charge on any atom is 0.225 e. The second kappa shape index (κ2) is 12.5. The Kier molecular flexibility index (Phi) is 10.0. The molecule has 0 aromatic carbocycles. The summed E-state index contributed by atoms with van der Waals surface area (Å²) in [5.74, 6) is 1.66. The summed E-state index contributed by atoms with van der Waals surface area (Å²) in [6, 6.07) is 0. The van der Waals surface area contributed by atoms with Crippen molar-refractivity contribution in [2.24, 2.45) is 10.9 Å². The van der Waals surface area contributed by atoms with Gasteiger partial charge in [0.1, 0.15) is 5.01 Å². The Balaban J connectivity index is 0.00000289. The number of hydrogen-bond acceptors (Lipinski definition) is 5. The van der Waals surface area contributed by atoms with Crippen LogP contribution in [0.1, 0.15) is 54.6 Å². The normalized spacial score (nSPS) is 19.7. The van der Waals surface area contributed by atoms with Crippen molar-refractivity contribution >= 4 is 47.2 Å². The van der Waals surface area contributed by atoms with Gasteiger partial charge in [0.25, 0.3) is 0 Å². The quantitative estimate of drug-likeness (QED) is 0.308. The van der Waals surface area contributed by atoms with Crippen LogP contribution in [0.15, 0.2) is 4.99 Å². The van der Waals surface area contributed by atoms with Gasteiger partial charge in [-0.3, -0.25) is 14.7 Å². The molecule has 2 heterocycles. The van der Waals surface area contributed by atoms with Crippen LogP contribution in [-0.2, 0) is 24.2 Å². The summed E-state index contributed by atoms with van der Waals surface area (Å²) in [6.07, 6.45) is 8.34. The first-order valence-corrected chi connectivity index (χ1v) is 12.9. The molecule has 2 aliphatic carbocycles. The van der Waals surface area contributed by atoms with Gasteiger partial charge in [0, 0.05) is 57.1 Å². The van der Waals surface area contributed by atoms with Gasteiger partial charge in [-0.2, -0.15) is 0 Å². The lowest BCUT2D eigenvalue weighted by atomic mass is 9.84. The highest BCUT2D eigenvalue weighted by atomic mass is 127. The van der Waals surface area contributed by atoms with Gasteiger partial charge in [-0.1, -0.05) is 6.42 Å². The van der Waals surface area contributed by atoms with Crippen LogP contribution in [0.5, 0.6) is 0 Å². The van der Waals surface area contributed by atoms with Gasteiger partial charge in [-0.25, -0.2) is 4.98 Å². The first kappa shape index (κ1) is 25.7. The van der Waals surface area contributed by atoms with Crippen LogP contribution in [0.4, 0.5) is 0 Å². The lowest BCUT2D eigenvalue weighted by molar-refractivity contribution is -0.139. The lowest BCUT2D eigenvalue weighted by Crippen LogP contribution is -2.51. The van der Waals surface area contributed by atoms with Crippen LogP contribution in [0, 0.1) is 5.92 Å². The minimum atomic E-state index is 0. The van der Waals surface area contributed by atoms with E-state index in [0.717, 1.165) is 77.6 Å². The predicted molar refractivity (Wildman–Crippen MR) is 142 cm³/mol. The van der Waals surface area contributed by atoms with Crippen molar-refractivity contribution in [3.05, 3.63) is 15.6 Å². The molecule has 32 heavy (non-hydrogen) atoms. The third-order valence-electron chi connectivity index (χ3n) is 6.78. The van der Waals surface area contributed by atoms with Crippen molar-refractivity contribution in [2.45, 2.75) is 58.4 Å². The molecule has 1 aromatic heterocycles. The molecule has 0 atom stereocenters. The fourth-order valence-electron chi connectivity index (χ4n) is 4.62. The zero-order valence-electron chi connectivity index (χ0n) is 19.6. The Labute approximate surface area is 214 Å². The van der Waals surface area contributed by atoms with E-state index in [-0.39, 0.29) is 24.0 Å². The SMILES string of the molecule is CCNC(=NCCN1CCN(C(=O)C2CCC2)CC1)N(C)Cc1nc2c(s1)CCCC2.I. The average Bonchev–Trinajstić information content (AvgIpc) is 3.14. The van der Waals surface area contributed by atoms with E-state index in [1.807, 2.05) is 11.3 Å². The molecule has 7 nitrogen and oxygen atoms in total. The molecule has 3 aliphatic rings. The van der Waals surface area contributed by atoms with Gasteiger partial charge in [-0.15, -0.1) is 35.3 Å². The van der Waals surface area contributed by atoms with Gasteiger partial charge in [0.05, 0.1) is 18.8 Å². The number of guanidine groups is 1. The fraction of sp³-hybridized carbons (Fsp3) is 0.783. The van der Waals surface area contributed by atoms with Crippen LogP contribution < -0.4 is 5.32 Å². The maximum absolute atomic E-state index is 12.4. The van der Waals surface area contributed by atoms with Crippen molar-refractivity contribution in [1.29, 1.82) is 0 Å². The Morgan fingerprint density at radius 2 is 1.94 bits per heavy atom. The molecule has 2 fully saturated rings. The maximum atomic E-state index is 12.4. The molecule has 180 valence electrons. The highest BCUT2D eigenvalue weighted by Crippen LogP contribution is 2.29. The number of rotatable bonds is 7. The van der Waals surface area contributed by atoms with Crippen molar-refractivity contribution in [2.75, 3.05) is 52.9 Å². The molecule has 1 saturated heterocycles. The molecule has 1 amide bonds. The van der Waals surface area contributed by atoms with Crippen LogP contribution in [-0.4, -0.2) is 84.4 Å². The number of carbonyl (C=O) groups excluding carboxylic acids is 1. The summed E-state index contributed by atoms with van der Waals surface area (Å²) in [5.41, 5.74) is 1.33. The molecule has 0 radical (unpaired) electrons. The fourth-order valence-corrected chi connectivity index (χ4v) is 5.83. The summed E-state index contributed by atoms with van der Waals surface area (Å²) in [6.45, 7) is 9.17. The van der Waals surface area contributed by atoms with Gasteiger partial charge in [0.2, 0.25) is 5.91 Å². The number of fused-ring (bicyclic) bond motifs is 1. The number of nitrogens with zero attached hydrogens (tertiary/aromatic N) is 5. The Bertz CT molecular complexity index is 749. The number of aryl methyl sites for hydroxylation is 2. The van der Waals surface area contributed by atoms with Gasteiger partial charge >= 0.3 is 0 Å². The van der Waals surface area contributed by atoms with Crippen LogP contribution >= 0.6 is 35.3 Å². The summed E-state index contributed by atoms with van der Waals surface area (Å²) in [4.78, 5) is 30.4. The molecule has 9 heteroatoms. The van der Waals surface area contributed by atoms with Gasteiger partial charge < -0.3 is 15.1 Å². The topological polar surface area (TPSA) is 64.1 Å². The van der Waals surface area contributed by atoms with Crippen LogP contribution in [0.3, 0.4) is 0 Å². The molecule has 0 spiro atoms. The first-order valence-electron chi connectivity index (χ1n) is 12.1. The van der Waals surface area contributed by atoms with Crippen molar-refractivity contribution in [1.82, 2.24) is 25.0 Å². The summed E-state index contributed by atoms with van der Waals surface area (Å²) >= 11 is 1.88. The monoisotopic (exact) mass is 574 g/mol. The number of carbonyl (C=O) groups is 1. The standard InChI is InChI=1S/C23H38N6OS.HI/c1-3-24-23(27(2)17-21-26-19-9-4-5-10-20(19)31-21)25-11-12-28-13-15-29(16-14-28)22(30)18-7-6-8-18;/h18H,3-17H2,1-2H3,(H,24,25);1H. The number of nitrogens with one attached hydrogen (secondary N) is 1. The lowest BCUT2D eigenvalue weighted by Gasteiger charge is -2.38. The van der Waals surface area contributed by atoms with Gasteiger partial charge in [0.15, 0.2) is 5.96 Å². The summed E-state index contributed by atoms with van der Waals surface area (Å²) < 4.78 is 0. The van der Waals surface area contributed by atoms with Crippen molar-refractivity contribution in [3.8, 4) is 0 Å². The number of amides is 1. The van der Waals surface area contributed by atoms with Gasteiger partial charge in [-0.05, 0) is 45.4 Å². The second-order valence-corrected chi connectivity index (χ2v) is 10.2. The second-order valence-electron chi connectivity index (χ2n) is 9.07. The minimum Gasteiger partial charge on any atom is -0.357 e. The Hall–Kier alpha value is -0.940. The summed E-state index contributed by atoms with van der Waals surface area (Å²) in [7, 11) is 2.10. The smallest absolute Gasteiger partial charge is 0.225 e. The largest absolute Gasteiger partial charge is 0.357 e. The first-order chi connectivity index (χ1) is 15.1. The number of aromatic nitrogens is 1. The van der Waals surface area contributed by atoms with E-state index >= 15 is 0 Å². The minimum absolute atomic E-state index is 0. The Morgan fingerprint density at radius 1 is 1.19 bits per heavy atom. The molecule has 4 rings (SSSR count). The number of aliphatic imine (C=N–C) groups is 1. The molecule has 1 aromatic rings. The summed E-state index contributed by atoms with van der Waals surface area (Å²) in [5, 5.41) is 4.63. The average molecular weight is 575 g/mol. The Morgan fingerprint density at radius 3 is 2.59 bits per heavy atom. The van der Waals surface area contributed by atoms with E-state index in [9.17, 15) is 4.79 Å². The van der Waals surface area contributed by atoms with Crippen LogP contribution in [0.25, 0.3) is 0 Å². The molecule has 0 unspecified atom stereocenters. The molecular formula is C23H39IN6OS. The number of piperazine rings is 1. The van der Waals surface area contributed by atoms with E-state index in [2.05, 4.69) is 34.0 Å². The molecular weight excluding hydrogens is 535 g/mol. The van der Waals surface area contributed by atoms with Crippen LogP contribution in [0.2, 0.25) is 0 Å². The number of hydrogen-bond donors (Lipinski definition) is 1. The number of thiazole rings is 1. The zero-order chi connectivity index (χ0) is 21.6. The van der Waals surface area contributed by atoms with E-state index < -0.39 is 0 Å². The highest BCUT2D eigenvalue weighted by Gasteiger charge is 2.31. The molecule has 1 aliphatic heterocycles. The number of halogens is 1. The van der Waals surface area contributed by atoms with Crippen molar-refractivity contribution in [3.63, 3.8) is 0 Å². The highest BCUT2D eigenvalue weighted by molar-refractivity contribution is 14.0. The predicted octanol–water partition coefficient (Wildman–Crippen LogP) is 2.98. The molecule has 0 bridgehead atoms. The van der Waals surface area contributed by atoms with E-state index in [4.69, 9.17) is 9.98 Å². The third kappa shape index (κ3) is 6.56. The van der Waals surface area contributed by atoms with Crippen molar-refractivity contribution < 1.29 is 4.79 Å². The third-order valence-corrected chi connectivity index (χ3v) is 7.92. The van der Waals surface area contributed by atoms with E-state index in [1.165, 1.54) is 41.3 Å². The van der Waals surface area contributed by atoms with E-state index in [1.54, 1.807) is 0 Å². The van der Waals surface area contributed by atoms with E-state index in [0.29, 0.717) is 11.8 Å².